The summed E-state index contributed by atoms with van der Waals surface area (Å²) in [5.74, 6) is -0.260. The van der Waals surface area contributed by atoms with Crippen LogP contribution in [-0.2, 0) is 6.54 Å². The van der Waals surface area contributed by atoms with E-state index >= 15 is 0 Å². The van der Waals surface area contributed by atoms with Gasteiger partial charge in [-0.25, -0.2) is 4.39 Å². The van der Waals surface area contributed by atoms with Crippen molar-refractivity contribution in [3.8, 4) is 0 Å². The molecule has 4 heteroatoms. The number of anilines is 1. The van der Waals surface area contributed by atoms with Gasteiger partial charge >= 0.3 is 0 Å². The van der Waals surface area contributed by atoms with Crippen LogP contribution in [-0.4, -0.2) is 0 Å². The summed E-state index contributed by atoms with van der Waals surface area (Å²) in [5.41, 5.74) is 2.81. The average molecular weight is 329 g/mol. The average Bonchev–Trinajstić information content (AvgIpc) is 2.33. The van der Waals surface area contributed by atoms with E-state index in [9.17, 15) is 4.39 Å². The molecule has 0 fully saturated rings. The summed E-state index contributed by atoms with van der Waals surface area (Å²) in [5, 5.41) is 3.86. The molecule has 1 nitrogen and oxygen atoms in total. The van der Waals surface area contributed by atoms with E-state index in [1.54, 1.807) is 6.07 Å². The molecule has 2 rings (SSSR count). The van der Waals surface area contributed by atoms with Gasteiger partial charge in [0.1, 0.15) is 5.82 Å². The van der Waals surface area contributed by atoms with Crippen molar-refractivity contribution < 1.29 is 4.39 Å². The van der Waals surface area contributed by atoms with E-state index in [0.29, 0.717) is 16.0 Å². The molecule has 0 unspecified atom stereocenters. The van der Waals surface area contributed by atoms with Gasteiger partial charge in [0.2, 0.25) is 0 Å². The van der Waals surface area contributed by atoms with Crippen LogP contribution in [0.1, 0.15) is 11.1 Å². The van der Waals surface area contributed by atoms with Crippen molar-refractivity contribution in [2.75, 3.05) is 5.32 Å². The van der Waals surface area contributed by atoms with Gasteiger partial charge in [0, 0.05) is 6.54 Å². The molecular weight excluding hydrogens is 317 g/mol. The van der Waals surface area contributed by atoms with Gasteiger partial charge in [-0.2, -0.15) is 0 Å². The SMILES string of the molecule is Cc1ccc(NCc2cccc(F)c2Br)c(Cl)c1. The summed E-state index contributed by atoms with van der Waals surface area (Å²) in [6.45, 7) is 2.50. The first-order valence-corrected chi connectivity index (χ1v) is 6.68. The maximum absolute atomic E-state index is 13.3. The van der Waals surface area contributed by atoms with Crippen LogP contribution in [0.3, 0.4) is 0 Å². The van der Waals surface area contributed by atoms with Gasteiger partial charge in [0.05, 0.1) is 15.2 Å². The molecule has 0 saturated carbocycles. The molecule has 0 aliphatic carbocycles. The van der Waals surface area contributed by atoms with Crippen LogP contribution < -0.4 is 5.32 Å². The van der Waals surface area contributed by atoms with Crippen LogP contribution in [0.4, 0.5) is 10.1 Å². The summed E-state index contributed by atoms with van der Waals surface area (Å²) >= 11 is 9.35. The van der Waals surface area contributed by atoms with Gasteiger partial charge in [0.15, 0.2) is 0 Å². The zero-order chi connectivity index (χ0) is 13.1. The standard InChI is InChI=1S/C14H12BrClFN/c1-9-5-6-13(11(16)7-9)18-8-10-3-2-4-12(17)14(10)15/h2-7,18H,8H2,1H3. The molecule has 0 aliphatic rings. The molecule has 2 aromatic rings. The van der Waals surface area contributed by atoms with Crippen LogP contribution in [0.15, 0.2) is 40.9 Å². The van der Waals surface area contributed by atoms with Crippen LogP contribution in [0.5, 0.6) is 0 Å². The van der Waals surface area contributed by atoms with Crippen molar-refractivity contribution in [3.05, 3.63) is 62.8 Å². The molecule has 0 aromatic heterocycles. The molecule has 0 heterocycles. The molecule has 0 atom stereocenters. The Hall–Kier alpha value is -1.06. The van der Waals surface area contributed by atoms with E-state index in [4.69, 9.17) is 11.6 Å². The number of hydrogen-bond acceptors (Lipinski definition) is 1. The number of nitrogens with one attached hydrogen (secondary N) is 1. The summed E-state index contributed by atoms with van der Waals surface area (Å²) in [7, 11) is 0. The summed E-state index contributed by atoms with van der Waals surface area (Å²) < 4.78 is 13.8. The highest BCUT2D eigenvalue weighted by atomic mass is 79.9. The smallest absolute Gasteiger partial charge is 0.137 e. The first kappa shape index (κ1) is 13.4. The summed E-state index contributed by atoms with van der Waals surface area (Å²) in [6.07, 6.45) is 0. The fraction of sp³-hybridized carbons (Fsp3) is 0.143. The lowest BCUT2D eigenvalue weighted by Gasteiger charge is -2.10. The molecule has 94 valence electrons. The summed E-state index contributed by atoms with van der Waals surface area (Å²) in [4.78, 5) is 0. The quantitative estimate of drug-likeness (QED) is 0.820. The molecular formula is C14H12BrClFN. The van der Waals surface area contributed by atoms with E-state index in [1.165, 1.54) is 6.07 Å². The van der Waals surface area contributed by atoms with E-state index in [0.717, 1.165) is 16.8 Å². The largest absolute Gasteiger partial charge is 0.380 e. The molecule has 0 saturated heterocycles. The van der Waals surface area contributed by atoms with Crippen molar-refractivity contribution in [1.82, 2.24) is 0 Å². The monoisotopic (exact) mass is 327 g/mol. The second-order valence-electron chi connectivity index (χ2n) is 4.05. The fourth-order valence-corrected chi connectivity index (χ4v) is 2.35. The lowest BCUT2D eigenvalue weighted by atomic mass is 10.2. The maximum atomic E-state index is 13.3. The Kier molecular flexibility index (Phi) is 4.25. The second kappa shape index (κ2) is 5.72. The molecule has 18 heavy (non-hydrogen) atoms. The minimum absolute atomic E-state index is 0.260. The van der Waals surface area contributed by atoms with Gasteiger partial charge in [-0.1, -0.05) is 29.8 Å². The Bertz CT molecular complexity index is 572. The highest BCUT2D eigenvalue weighted by Crippen LogP contribution is 2.25. The zero-order valence-corrected chi connectivity index (χ0v) is 12.1. The van der Waals surface area contributed by atoms with E-state index in [-0.39, 0.29) is 5.82 Å². The van der Waals surface area contributed by atoms with Gasteiger partial charge in [0.25, 0.3) is 0 Å². The number of halogens is 3. The maximum Gasteiger partial charge on any atom is 0.137 e. The molecule has 1 N–H and O–H groups in total. The van der Waals surface area contributed by atoms with Crippen molar-refractivity contribution in [3.63, 3.8) is 0 Å². The van der Waals surface area contributed by atoms with Crippen LogP contribution in [0, 0.1) is 12.7 Å². The first-order chi connectivity index (χ1) is 8.58. The molecule has 0 amide bonds. The van der Waals surface area contributed by atoms with Crippen molar-refractivity contribution >= 4 is 33.2 Å². The van der Waals surface area contributed by atoms with Crippen molar-refractivity contribution in [1.29, 1.82) is 0 Å². The van der Waals surface area contributed by atoms with Crippen LogP contribution in [0.25, 0.3) is 0 Å². The molecule has 0 spiro atoms. The lowest BCUT2D eigenvalue weighted by molar-refractivity contribution is 0.618. The Morgan fingerprint density at radius 1 is 1.28 bits per heavy atom. The van der Waals surface area contributed by atoms with Crippen molar-refractivity contribution in [2.45, 2.75) is 13.5 Å². The second-order valence-corrected chi connectivity index (χ2v) is 5.25. The fourth-order valence-electron chi connectivity index (χ4n) is 1.64. The number of rotatable bonds is 3. The Labute approximate surface area is 119 Å². The van der Waals surface area contributed by atoms with Gasteiger partial charge < -0.3 is 5.32 Å². The summed E-state index contributed by atoms with van der Waals surface area (Å²) in [6, 6.07) is 10.8. The van der Waals surface area contributed by atoms with Crippen LogP contribution in [0.2, 0.25) is 5.02 Å². The third-order valence-electron chi connectivity index (χ3n) is 2.63. The minimum atomic E-state index is -0.260. The van der Waals surface area contributed by atoms with E-state index in [2.05, 4.69) is 21.2 Å². The van der Waals surface area contributed by atoms with Gasteiger partial charge in [-0.3, -0.25) is 0 Å². The normalized spacial score (nSPS) is 10.4. The predicted octanol–water partition coefficient (Wildman–Crippen LogP) is 5.16. The minimum Gasteiger partial charge on any atom is -0.380 e. The molecule has 2 aromatic carbocycles. The Morgan fingerprint density at radius 2 is 2.06 bits per heavy atom. The number of hydrogen-bond donors (Lipinski definition) is 1. The zero-order valence-electron chi connectivity index (χ0n) is 9.81. The van der Waals surface area contributed by atoms with E-state index < -0.39 is 0 Å². The predicted molar refractivity (Wildman–Crippen MR) is 77.6 cm³/mol. The Morgan fingerprint density at radius 3 is 2.78 bits per heavy atom. The van der Waals surface area contributed by atoms with Gasteiger partial charge in [-0.05, 0) is 52.2 Å². The molecule has 0 aliphatic heterocycles. The van der Waals surface area contributed by atoms with E-state index in [1.807, 2.05) is 31.2 Å². The highest BCUT2D eigenvalue weighted by Gasteiger charge is 2.06. The highest BCUT2D eigenvalue weighted by molar-refractivity contribution is 9.10. The number of aryl methyl sites for hydroxylation is 1. The topological polar surface area (TPSA) is 12.0 Å². The van der Waals surface area contributed by atoms with Crippen LogP contribution >= 0.6 is 27.5 Å². The molecule has 0 radical (unpaired) electrons. The molecule has 0 bridgehead atoms. The third kappa shape index (κ3) is 3.03. The van der Waals surface area contributed by atoms with Crippen molar-refractivity contribution in [2.24, 2.45) is 0 Å². The first-order valence-electron chi connectivity index (χ1n) is 5.51. The van der Waals surface area contributed by atoms with Gasteiger partial charge in [-0.15, -0.1) is 0 Å². The number of benzene rings is 2. The lowest BCUT2D eigenvalue weighted by Crippen LogP contribution is -2.01. The third-order valence-corrected chi connectivity index (χ3v) is 3.83. The Balaban J connectivity index is 2.14.